The number of fused-ring (bicyclic) bond motifs is 1. The van der Waals surface area contributed by atoms with Gasteiger partial charge >= 0.3 is 0 Å². The largest absolute Gasteiger partial charge is 0.378 e. The first-order chi connectivity index (χ1) is 12.2. The number of carbonyl (C=O) groups is 1. The van der Waals surface area contributed by atoms with Crippen LogP contribution in [0.5, 0.6) is 0 Å². The molecule has 0 spiro atoms. The molecule has 0 unspecified atom stereocenters. The fourth-order valence-corrected chi connectivity index (χ4v) is 3.59. The summed E-state index contributed by atoms with van der Waals surface area (Å²) in [7, 11) is 0. The first-order valence-corrected chi connectivity index (χ1v) is 8.92. The summed E-state index contributed by atoms with van der Waals surface area (Å²) < 4.78 is 5.41. The minimum atomic E-state index is -0.0124. The van der Waals surface area contributed by atoms with Crippen molar-refractivity contribution < 1.29 is 9.53 Å². The molecular formula is C20H23N3O2. The number of carbonyl (C=O) groups excluding carboxylic acids is 1. The van der Waals surface area contributed by atoms with Gasteiger partial charge in [-0.3, -0.25) is 9.78 Å². The summed E-state index contributed by atoms with van der Waals surface area (Å²) in [5.74, 6) is -0.0124. The van der Waals surface area contributed by atoms with Crippen molar-refractivity contribution in [2.45, 2.75) is 19.8 Å². The Bertz CT molecular complexity index is 784. The molecule has 1 amide bonds. The molecule has 4 rings (SSSR count). The molecule has 0 bridgehead atoms. The second-order valence-corrected chi connectivity index (χ2v) is 6.69. The third-order valence-electron chi connectivity index (χ3n) is 4.94. The molecular weight excluding hydrogens is 314 g/mol. The Balaban J connectivity index is 1.63. The third-order valence-corrected chi connectivity index (χ3v) is 4.94. The van der Waals surface area contributed by atoms with Gasteiger partial charge in [0, 0.05) is 37.2 Å². The highest BCUT2D eigenvalue weighted by Crippen LogP contribution is 2.29. The van der Waals surface area contributed by atoms with Crippen LogP contribution in [0.25, 0.3) is 0 Å². The lowest BCUT2D eigenvalue weighted by molar-refractivity contribution is 0.0980. The lowest BCUT2D eigenvalue weighted by Crippen LogP contribution is -2.37. The van der Waals surface area contributed by atoms with Gasteiger partial charge in [-0.25, -0.2) is 0 Å². The van der Waals surface area contributed by atoms with E-state index in [0.29, 0.717) is 5.69 Å². The predicted octanol–water partition coefficient (Wildman–Crippen LogP) is 2.82. The van der Waals surface area contributed by atoms with Crippen molar-refractivity contribution >= 4 is 17.3 Å². The number of hydrogen-bond acceptors (Lipinski definition) is 4. The van der Waals surface area contributed by atoms with Crippen molar-refractivity contribution in [3.63, 3.8) is 0 Å². The second kappa shape index (κ2) is 6.84. The molecule has 25 heavy (non-hydrogen) atoms. The zero-order valence-corrected chi connectivity index (χ0v) is 14.6. The number of aromatic nitrogens is 1. The molecule has 2 aliphatic rings. The Hall–Kier alpha value is -2.40. The molecule has 0 N–H and O–H groups in total. The van der Waals surface area contributed by atoms with Gasteiger partial charge in [-0.2, -0.15) is 0 Å². The highest BCUT2D eigenvalue weighted by atomic mass is 16.5. The number of nitrogens with zero attached hydrogens (tertiary/aromatic N) is 3. The molecule has 0 saturated carbocycles. The molecule has 1 fully saturated rings. The van der Waals surface area contributed by atoms with Crippen LogP contribution in [0.4, 0.5) is 11.4 Å². The van der Waals surface area contributed by atoms with Crippen LogP contribution in [0.15, 0.2) is 36.5 Å². The molecule has 0 radical (unpaired) electrons. The fourth-order valence-electron chi connectivity index (χ4n) is 3.59. The van der Waals surface area contributed by atoms with Gasteiger partial charge in [0.25, 0.3) is 5.91 Å². The van der Waals surface area contributed by atoms with E-state index >= 15 is 0 Å². The van der Waals surface area contributed by atoms with E-state index < -0.39 is 0 Å². The van der Waals surface area contributed by atoms with Crippen LogP contribution in [-0.4, -0.2) is 43.7 Å². The monoisotopic (exact) mass is 337 g/mol. The summed E-state index contributed by atoms with van der Waals surface area (Å²) in [6, 6.07) is 10.2. The van der Waals surface area contributed by atoms with Crippen LogP contribution in [0.2, 0.25) is 0 Å². The topological polar surface area (TPSA) is 45.7 Å². The fraction of sp³-hybridized carbons (Fsp3) is 0.400. The number of pyridine rings is 1. The maximum absolute atomic E-state index is 13.1. The first-order valence-electron chi connectivity index (χ1n) is 8.92. The highest BCUT2D eigenvalue weighted by molar-refractivity contribution is 6.06. The van der Waals surface area contributed by atoms with E-state index in [1.165, 1.54) is 11.1 Å². The van der Waals surface area contributed by atoms with E-state index in [9.17, 15) is 4.79 Å². The molecule has 2 aliphatic heterocycles. The number of rotatable bonds is 2. The van der Waals surface area contributed by atoms with Crippen molar-refractivity contribution in [3.8, 4) is 0 Å². The lowest BCUT2D eigenvalue weighted by Gasteiger charge is -2.31. The normalized spacial score (nSPS) is 17.3. The average Bonchev–Trinajstić information content (AvgIpc) is 2.68. The molecule has 130 valence electrons. The number of ether oxygens (including phenoxy) is 1. The summed E-state index contributed by atoms with van der Waals surface area (Å²) in [5, 5.41) is 0. The van der Waals surface area contributed by atoms with E-state index in [0.717, 1.165) is 57.1 Å². The maximum atomic E-state index is 13.1. The minimum Gasteiger partial charge on any atom is -0.378 e. The van der Waals surface area contributed by atoms with Gasteiger partial charge in [0.05, 0.1) is 13.2 Å². The quantitative estimate of drug-likeness (QED) is 0.845. The first kappa shape index (κ1) is 16.1. The smallest absolute Gasteiger partial charge is 0.276 e. The van der Waals surface area contributed by atoms with E-state index in [4.69, 9.17) is 4.74 Å². The predicted molar refractivity (Wildman–Crippen MR) is 98.4 cm³/mol. The molecule has 3 heterocycles. The van der Waals surface area contributed by atoms with Crippen LogP contribution >= 0.6 is 0 Å². The van der Waals surface area contributed by atoms with Crippen LogP contribution in [0.3, 0.4) is 0 Å². The zero-order valence-electron chi connectivity index (χ0n) is 14.6. The van der Waals surface area contributed by atoms with Crippen LogP contribution < -0.4 is 9.80 Å². The third kappa shape index (κ3) is 3.24. The van der Waals surface area contributed by atoms with Gasteiger partial charge < -0.3 is 14.5 Å². The molecule has 0 aliphatic carbocycles. The average molecular weight is 337 g/mol. The Morgan fingerprint density at radius 2 is 1.96 bits per heavy atom. The molecule has 2 aromatic rings. The second-order valence-electron chi connectivity index (χ2n) is 6.69. The van der Waals surface area contributed by atoms with E-state index in [1.807, 2.05) is 17.0 Å². The summed E-state index contributed by atoms with van der Waals surface area (Å²) in [6.45, 7) is 5.97. The number of benzene rings is 1. The Labute approximate surface area is 148 Å². The van der Waals surface area contributed by atoms with Crippen LogP contribution in [0.1, 0.15) is 28.0 Å². The number of anilines is 2. The van der Waals surface area contributed by atoms with Gasteiger partial charge in [-0.05, 0) is 49.1 Å². The summed E-state index contributed by atoms with van der Waals surface area (Å²) in [5.41, 5.74) is 5.01. The van der Waals surface area contributed by atoms with E-state index in [-0.39, 0.29) is 5.91 Å². The van der Waals surface area contributed by atoms with Crippen molar-refractivity contribution in [1.82, 2.24) is 4.98 Å². The summed E-state index contributed by atoms with van der Waals surface area (Å²) in [6.07, 6.45) is 3.75. The molecule has 1 aromatic heterocycles. The van der Waals surface area contributed by atoms with Gasteiger partial charge in [-0.1, -0.05) is 12.1 Å². The van der Waals surface area contributed by atoms with Gasteiger partial charge in [0.15, 0.2) is 0 Å². The molecule has 5 nitrogen and oxygen atoms in total. The SMILES string of the molecule is Cc1ccc2c(c1)N(C(=O)c1cc(N3CCOCC3)ccn1)CCC2. The number of morpholine rings is 1. The molecule has 0 atom stereocenters. The van der Waals surface area contributed by atoms with Gasteiger partial charge in [0.2, 0.25) is 0 Å². The molecule has 1 aromatic carbocycles. The highest BCUT2D eigenvalue weighted by Gasteiger charge is 2.25. The lowest BCUT2D eigenvalue weighted by atomic mass is 9.99. The van der Waals surface area contributed by atoms with Gasteiger partial charge in [-0.15, -0.1) is 0 Å². The number of hydrogen-bond donors (Lipinski definition) is 0. The summed E-state index contributed by atoms with van der Waals surface area (Å²) >= 11 is 0. The van der Waals surface area contributed by atoms with Gasteiger partial charge in [0.1, 0.15) is 5.69 Å². The Morgan fingerprint density at radius 1 is 1.12 bits per heavy atom. The minimum absolute atomic E-state index is 0.0124. The Morgan fingerprint density at radius 3 is 2.80 bits per heavy atom. The zero-order chi connectivity index (χ0) is 17.2. The van der Waals surface area contributed by atoms with Crippen molar-refractivity contribution in [1.29, 1.82) is 0 Å². The van der Waals surface area contributed by atoms with Crippen LogP contribution in [-0.2, 0) is 11.2 Å². The summed E-state index contributed by atoms with van der Waals surface area (Å²) in [4.78, 5) is 21.6. The number of amides is 1. The standard InChI is InChI=1S/C20H23N3O2/c1-15-4-5-16-3-2-8-23(19(16)13-15)20(24)18-14-17(6-7-21-18)22-9-11-25-12-10-22/h4-7,13-14H,2-3,8-12H2,1H3. The van der Waals surface area contributed by atoms with Crippen LogP contribution in [0, 0.1) is 6.92 Å². The van der Waals surface area contributed by atoms with E-state index in [1.54, 1.807) is 6.20 Å². The van der Waals surface area contributed by atoms with Crippen molar-refractivity contribution in [2.24, 2.45) is 0 Å². The molecule has 5 heteroatoms. The van der Waals surface area contributed by atoms with Crippen molar-refractivity contribution in [3.05, 3.63) is 53.3 Å². The van der Waals surface area contributed by atoms with E-state index in [2.05, 4.69) is 35.0 Å². The van der Waals surface area contributed by atoms with Crippen molar-refractivity contribution in [2.75, 3.05) is 42.6 Å². The molecule has 1 saturated heterocycles. The Kier molecular flexibility index (Phi) is 4.40. The number of aryl methyl sites for hydroxylation is 2. The maximum Gasteiger partial charge on any atom is 0.276 e.